The van der Waals surface area contributed by atoms with Gasteiger partial charge in [-0.25, -0.2) is 22.1 Å². The molecule has 0 unspecified atom stereocenters. The molecule has 0 atom stereocenters. The number of piperidine rings is 1. The van der Waals surface area contributed by atoms with Crippen molar-refractivity contribution in [1.82, 2.24) is 24.5 Å². The van der Waals surface area contributed by atoms with Gasteiger partial charge in [-0.1, -0.05) is 6.92 Å². The van der Waals surface area contributed by atoms with Gasteiger partial charge in [0.05, 0.1) is 23.6 Å². The number of halogens is 4. The highest BCUT2D eigenvalue weighted by Gasteiger charge is 2.33. The highest BCUT2D eigenvalue weighted by Crippen LogP contribution is 2.29. The van der Waals surface area contributed by atoms with E-state index in [1.54, 1.807) is 29.7 Å². The van der Waals surface area contributed by atoms with E-state index in [0.717, 1.165) is 34.7 Å². The molecule has 1 aliphatic rings. The average molecular weight is 511 g/mol. The first-order chi connectivity index (χ1) is 17.0. The van der Waals surface area contributed by atoms with Crippen molar-refractivity contribution < 1.29 is 17.6 Å². The van der Waals surface area contributed by atoms with Crippen LogP contribution in [0.1, 0.15) is 38.8 Å². The molecular formula is C24H34F4N8. The molecule has 3 aromatic heterocycles. The Labute approximate surface area is 208 Å². The molecule has 0 radical (unpaired) electrons. The fraction of sp³-hybridized carbons (Fsp3) is 0.500. The second kappa shape index (κ2) is 13.1. The van der Waals surface area contributed by atoms with Crippen LogP contribution in [0.4, 0.5) is 35.0 Å². The summed E-state index contributed by atoms with van der Waals surface area (Å²) in [5.41, 5.74) is 10.3. The number of rotatable bonds is 4. The standard InChI is InChI=1S/C15H17N7.C6H11F2N.C3H6F2/c1-4-18-11-5-6-12(19-9(11)2)10-7-8-22-13(10)14(16)20-15(17-3)21-22;1-9-4-2-3-6(7,8)5-9;1-2-3(4)5/h4-8H,1-3H3,(H3,16,17,20,21);2-5H2,1H3;3H,2H2,1H3. The molecule has 0 saturated carbocycles. The van der Waals surface area contributed by atoms with Crippen molar-refractivity contribution in [3.05, 3.63) is 30.1 Å². The fourth-order valence-corrected chi connectivity index (χ4v) is 3.50. The molecular weight excluding hydrogens is 476 g/mol. The lowest BCUT2D eigenvalue weighted by molar-refractivity contribution is -0.0571. The third-order valence-corrected chi connectivity index (χ3v) is 5.26. The van der Waals surface area contributed by atoms with E-state index >= 15 is 0 Å². The molecule has 0 aliphatic carbocycles. The number of aryl methyl sites for hydroxylation is 1. The van der Waals surface area contributed by atoms with Gasteiger partial charge in [0, 0.05) is 37.9 Å². The Balaban J connectivity index is 0.000000268. The molecule has 3 aromatic rings. The van der Waals surface area contributed by atoms with Crippen LogP contribution >= 0.6 is 0 Å². The van der Waals surface area contributed by atoms with Gasteiger partial charge in [0.2, 0.25) is 12.4 Å². The number of aliphatic imine (C=N–C) groups is 1. The number of likely N-dealkylation sites (tertiary alicyclic amines) is 1. The Morgan fingerprint density at radius 2 is 1.94 bits per heavy atom. The molecule has 198 valence electrons. The number of anilines is 2. The molecule has 12 heteroatoms. The maximum Gasteiger partial charge on any atom is 0.260 e. The summed E-state index contributed by atoms with van der Waals surface area (Å²) in [7, 11) is 3.48. The summed E-state index contributed by atoms with van der Waals surface area (Å²) < 4.78 is 48.1. The van der Waals surface area contributed by atoms with E-state index in [-0.39, 0.29) is 19.4 Å². The minimum atomic E-state index is -2.42. The molecule has 36 heavy (non-hydrogen) atoms. The number of pyridine rings is 1. The molecule has 4 rings (SSSR count). The zero-order valence-electron chi connectivity index (χ0n) is 21.3. The molecule has 3 N–H and O–H groups in total. The van der Waals surface area contributed by atoms with E-state index in [1.165, 1.54) is 6.92 Å². The van der Waals surface area contributed by atoms with Gasteiger partial charge in [-0.3, -0.25) is 9.98 Å². The summed E-state index contributed by atoms with van der Waals surface area (Å²) in [5.74, 6) is -1.54. The molecule has 4 heterocycles. The summed E-state index contributed by atoms with van der Waals surface area (Å²) in [4.78, 5) is 14.8. The van der Waals surface area contributed by atoms with Gasteiger partial charge in [0.15, 0.2) is 5.82 Å². The lowest BCUT2D eigenvalue weighted by atomic mass is 10.1. The van der Waals surface area contributed by atoms with Gasteiger partial charge >= 0.3 is 0 Å². The van der Waals surface area contributed by atoms with Crippen LogP contribution < -0.4 is 11.1 Å². The summed E-state index contributed by atoms with van der Waals surface area (Å²) in [5, 5.41) is 7.22. The van der Waals surface area contributed by atoms with Gasteiger partial charge in [-0.2, -0.15) is 4.98 Å². The molecule has 0 spiro atoms. The van der Waals surface area contributed by atoms with Gasteiger partial charge in [0.25, 0.3) is 5.92 Å². The van der Waals surface area contributed by atoms with E-state index in [1.807, 2.05) is 38.2 Å². The summed E-state index contributed by atoms with van der Waals surface area (Å²) in [6, 6.07) is 5.81. The van der Waals surface area contributed by atoms with Crippen molar-refractivity contribution in [2.45, 2.75) is 52.4 Å². The van der Waals surface area contributed by atoms with Crippen molar-refractivity contribution in [3.8, 4) is 11.3 Å². The zero-order valence-corrected chi connectivity index (χ0v) is 21.3. The van der Waals surface area contributed by atoms with Crippen LogP contribution in [0.25, 0.3) is 16.8 Å². The largest absolute Gasteiger partial charge is 0.382 e. The summed E-state index contributed by atoms with van der Waals surface area (Å²) in [6.07, 6.45) is 2.15. The maximum atomic E-state index is 12.4. The van der Waals surface area contributed by atoms with Crippen LogP contribution in [0.2, 0.25) is 0 Å². The Morgan fingerprint density at radius 3 is 2.44 bits per heavy atom. The van der Waals surface area contributed by atoms with Crippen molar-refractivity contribution >= 4 is 29.2 Å². The number of nitrogen functional groups attached to an aromatic ring is 1. The predicted octanol–water partition coefficient (Wildman–Crippen LogP) is 5.45. The normalized spacial score (nSPS) is 15.4. The monoisotopic (exact) mass is 510 g/mol. The Hall–Kier alpha value is -3.28. The number of nitrogens with zero attached hydrogens (tertiary/aromatic N) is 6. The van der Waals surface area contributed by atoms with E-state index in [2.05, 4.69) is 25.4 Å². The van der Waals surface area contributed by atoms with E-state index in [4.69, 9.17) is 5.73 Å². The number of hydrogen-bond acceptors (Lipinski definition) is 7. The molecule has 1 fully saturated rings. The number of nitrogens with two attached hydrogens (primary N) is 1. The predicted molar refractivity (Wildman–Crippen MR) is 137 cm³/mol. The lowest BCUT2D eigenvalue weighted by Gasteiger charge is -2.28. The molecule has 8 nitrogen and oxygen atoms in total. The van der Waals surface area contributed by atoms with E-state index in [9.17, 15) is 17.6 Å². The minimum absolute atomic E-state index is 0.0278. The second-order valence-electron chi connectivity index (χ2n) is 8.28. The number of hydrogen-bond donors (Lipinski definition) is 2. The third-order valence-electron chi connectivity index (χ3n) is 5.26. The van der Waals surface area contributed by atoms with Crippen molar-refractivity contribution in [2.24, 2.45) is 4.99 Å². The van der Waals surface area contributed by atoms with E-state index in [0.29, 0.717) is 18.2 Å². The third kappa shape index (κ3) is 8.14. The highest BCUT2D eigenvalue weighted by molar-refractivity contribution is 5.86. The topological polar surface area (TPSA) is 96.7 Å². The summed E-state index contributed by atoms with van der Waals surface area (Å²) >= 11 is 0. The Kier molecular flexibility index (Phi) is 10.6. The molecule has 1 aliphatic heterocycles. The second-order valence-corrected chi connectivity index (χ2v) is 8.28. The molecule has 0 bridgehead atoms. The fourth-order valence-electron chi connectivity index (χ4n) is 3.50. The molecule has 0 aromatic carbocycles. The Morgan fingerprint density at radius 1 is 1.25 bits per heavy atom. The van der Waals surface area contributed by atoms with Crippen molar-refractivity contribution in [3.63, 3.8) is 0 Å². The average Bonchev–Trinajstić information content (AvgIpc) is 3.25. The number of alkyl halides is 4. The van der Waals surface area contributed by atoms with Crippen molar-refractivity contribution in [2.75, 3.05) is 38.2 Å². The first-order valence-corrected chi connectivity index (χ1v) is 11.6. The molecule has 0 amide bonds. The zero-order chi connectivity index (χ0) is 26.9. The highest BCUT2D eigenvalue weighted by atomic mass is 19.3. The lowest BCUT2D eigenvalue weighted by Crippen LogP contribution is -2.39. The Bertz CT molecular complexity index is 1150. The smallest absolute Gasteiger partial charge is 0.260 e. The van der Waals surface area contributed by atoms with Crippen LogP contribution in [0.3, 0.4) is 0 Å². The van der Waals surface area contributed by atoms with Crippen LogP contribution in [-0.4, -0.2) is 70.2 Å². The van der Waals surface area contributed by atoms with Gasteiger partial charge < -0.3 is 16.0 Å². The van der Waals surface area contributed by atoms with Crippen LogP contribution in [0, 0.1) is 6.92 Å². The summed E-state index contributed by atoms with van der Waals surface area (Å²) in [6.45, 7) is 6.02. The van der Waals surface area contributed by atoms with Crippen molar-refractivity contribution in [1.29, 1.82) is 0 Å². The first kappa shape index (κ1) is 29.0. The quantitative estimate of drug-likeness (QED) is 0.358. The maximum absolute atomic E-state index is 12.4. The minimum Gasteiger partial charge on any atom is -0.382 e. The molecule has 1 saturated heterocycles. The number of nitrogens with one attached hydrogen (secondary N) is 1. The SMILES string of the molecule is CC=Nc1ccc(-c2ccn3nc(NC)nc(N)c23)nc1C.CCC(F)F.CN1CCCC(F)(F)C1. The first-order valence-electron chi connectivity index (χ1n) is 11.6. The van der Waals surface area contributed by atoms with Crippen LogP contribution in [-0.2, 0) is 0 Å². The van der Waals surface area contributed by atoms with Gasteiger partial charge in [-0.05, 0) is 52.1 Å². The van der Waals surface area contributed by atoms with Crippen LogP contribution in [0.15, 0.2) is 29.4 Å². The number of fused-ring (bicyclic) bond motifs is 1. The van der Waals surface area contributed by atoms with Gasteiger partial charge in [-0.15, -0.1) is 5.10 Å². The van der Waals surface area contributed by atoms with E-state index < -0.39 is 12.3 Å². The van der Waals surface area contributed by atoms with Crippen LogP contribution in [0.5, 0.6) is 0 Å². The van der Waals surface area contributed by atoms with Gasteiger partial charge in [0.1, 0.15) is 5.52 Å². The number of aromatic nitrogens is 4.